The summed E-state index contributed by atoms with van der Waals surface area (Å²) >= 11 is 0. The lowest BCUT2D eigenvalue weighted by Crippen LogP contribution is -2.56. The van der Waals surface area contributed by atoms with Crippen LogP contribution in [0.2, 0.25) is 0 Å². The molecular weight excluding hydrogens is 315 g/mol. The highest BCUT2D eigenvalue weighted by Gasteiger charge is 2.52. The predicted octanol–water partition coefficient (Wildman–Crippen LogP) is 3.09. The van der Waals surface area contributed by atoms with Crippen LogP contribution in [-0.4, -0.2) is 23.5 Å². The summed E-state index contributed by atoms with van der Waals surface area (Å²) < 4.78 is 18.7. The van der Waals surface area contributed by atoms with Crippen molar-refractivity contribution in [3.8, 4) is 0 Å². The Hall–Kier alpha value is -2.02. The molecule has 0 amide bonds. The summed E-state index contributed by atoms with van der Waals surface area (Å²) in [7, 11) is 1.44. The van der Waals surface area contributed by atoms with Crippen LogP contribution in [0.5, 0.6) is 0 Å². The fourth-order valence-electron chi connectivity index (χ4n) is 4.07. The highest BCUT2D eigenvalue weighted by atomic mass is 19.1. The minimum atomic E-state index is -0.811. The molecule has 6 nitrogen and oxygen atoms in total. The number of benzene rings is 1. The predicted molar refractivity (Wildman–Crippen MR) is 84.8 cm³/mol. The second kappa shape index (κ2) is 6.12. The molecule has 0 atom stereocenters. The van der Waals surface area contributed by atoms with Crippen molar-refractivity contribution in [3.05, 3.63) is 39.7 Å². The third-order valence-corrected chi connectivity index (χ3v) is 5.74. The van der Waals surface area contributed by atoms with Gasteiger partial charge in [-0.1, -0.05) is 6.07 Å². The lowest BCUT2D eigenvalue weighted by atomic mass is 9.57. The van der Waals surface area contributed by atoms with Crippen LogP contribution in [0.15, 0.2) is 18.2 Å². The van der Waals surface area contributed by atoms with Crippen molar-refractivity contribution in [1.29, 1.82) is 0 Å². The maximum atomic E-state index is 13.7. The number of carbonyl (C=O) groups excluding carboxylic acids is 1. The summed E-state index contributed by atoms with van der Waals surface area (Å²) in [6.07, 6.45) is 5.08. The van der Waals surface area contributed by atoms with Crippen LogP contribution < -0.4 is 5.32 Å². The molecule has 4 rings (SSSR count). The van der Waals surface area contributed by atoms with Crippen LogP contribution in [0.3, 0.4) is 0 Å². The van der Waals surface area contributed by atoms with E-state index in [-0.39, 0.29) is 16.9 Å². The Bertz CT molecular complexity index is 652. The zero-order valence-corrected chi connectivity index (χ0v) is 13.6. The fraction of sp³-hybridized carbons (Fsp3) is 0.588. The lowest BCUT2D eigenvalue weighted by Gasteiger charge is -2.52. The van der Waals surface area contributed by atoms with Crippen molar-refractivity contribution >= 4 is 11.7 Å². The first-order chi connectivity index (χ1) is 11.4. The number of hydrogen-bond acceptors (Lipinski definition) is 5. The van der Waals surface area contributed by atoms with Crippen LogP contribution >= 0.6 is 0 Å². The Morgan fingerprint density at radius 1 is 1.29 bits per heavy atom. The van der Waals surface area contributed by atoms with E-state index in [1.807, 2.05) is 0 Å². The van der Waals surface area contributed by atoms with Gasteiger partial charge in [0, 0.05) is 18.2 Å². The minimum absolute atomic E-state index is 0.0337. The number of nitro groups is 1. The van der Waals surface area contributed by atoms with Crippen LogP contribution in [0, 0.1) is 21.3 Å². The summed E-state index contributed by atoms with van der Waals surface area (Å²) in [4.78, 5) is 22.0. The highest BCUT2D eigenvalue weighted by Crippen LogP contribution is 2.52. The van der Waals surface area contributed by atoms with Gasteiger partial charge in [-0.15, -0.1) is 0 Å². The largest absolute Gasteiger partial charge is 0.469 e. The first-order valence-corrected chi connectivity index (χ1v) is 8.16. The Morgan fingerprint density at radius 3 is 2.42 bits per heavy atom. The molecule has 0 radical (unpaired) electrons. The van der Waals surface area contributed by atoms with Crippen molar-refractivity contribution in [2.75, 3.05) is 7.11 Å². The third-order valence-electron chi connectivity index (χ3n) is 5.74. The molecule has 3 saturated carbocycles. The van der Waals surface area contributed by atoms with E-state index in [2.05, 4.69) is 5.32 Å². The van der Waals surface area contributed by atoms with E-state index in [1.165, 1.54) is 19.2 Å². The average molecular weight is 336 g/mol. The fourth-order valence-corrected chi connectivity index (χ4v) is 4.07. The van der Waals surface area contributed by atoms with Gasteiger partial charge in [0.15, 0.2) is 0 Å². The van der Waals surface area contributed by atoms with Gasteiger partial charge in [-0.3, -0.25) is 14.9 Å². The van der Waals surface area contributed by atoms with E-state index >= 15 is 0 Å². The van der Waals surface area contributed by atoms with Gasteiger partial charge in [-0.25, -0.2) is 0 Å². The van der Waals surface area contributed by atoms with Crippen LogP contribution in [0.25, 0.3) is 0 Å². The number of halogens is 1. The quantitative estimate of drug-likeness (QED) is 0.508. The first-order valence-electron chi connectivity index (χ1n) is 8.16. The molecule has 3 fully saturated rings. The smallest absolute Gasteiger partial charge is 0.311 e. The molecule has 3 aliphatic rings. The zero-order valence-electron chi connectivity index (χ0n) is 13.6. The Kier molecular flexibility index (Phi) is 4.29. The molecule has 3 aliphatic carbocycles. The van der Waals surface area contributed by atoms with E-state index < -0.39 is 16.4 Å². The number of carbonyl (C=O) groups is 1. The monoisotopic (exact) mass is 336 g/mol. The summed E-state index contributed by atoms with van der Waals surface area (Å²) in [6.45, 7) is 0.458. The number of ether oxygens (including phenoxy) is 1. The number of nitrogens with zero attached hydrogens (tertiary/aromatic N) is 1. The van der Waals surface area contributed by atoms with Crippen molar-refractivity contribution in [1.82, 2.24) is 5.32 Å². The zero-order chi connectivity index (χ0) is 17.4. The number of hydrogen-bond donors (Lipinski definition) is 1. The van der Waals surface area contributed by atoms with Crippen LogP contribution in [-0.2, 0) is 16.1 Å². The van der Waals surface area contributed by atoms with Gasteiger partial charge in [0.1, 0.15) is 0 Å². The molecule has 24 heavy (non-hydrogen) atoms. The number of rotatable bonds is 5. The molecule has 2 bridgehead atoms. The van der Waals surface area contributed by atoms with E-state index in [9.17, 15) is 19.3 Å². The first kappa shape index (κ1) is 16.8. The van der Waals surface area contributed by atoms with Crippen molar-refractivity contribution in [2.24, 2.45) is 5.41 Å². The number of fused-ring (bicyclic) bond motifs is 3. The maximum Gasteiger partial charge on any atom is 0.311 e. The standard InChI is InChI=1S/C17H21FN2O4/c1-24-15(21)16-4-7-17(8-5-16,9-6-16)19-11-12-2-3-14(20(22)23)13(18)10-12/h2-3,10,19H,4-9,11H2,1H3. The second-order valence-corrected chi connectivity index (χ2v) is 6.95. The number of esters is 1. The maximum absolute atomic E-state index is 13.7. The molecule has 0 unspecified atom stereocenters. The molecular formula is C17H21FN2O4. The Morgan fingerprint density at radius 2 is 1.92 bits per heavy atom. The number of nitro benzene ring substituents is 1. The summed E-state index contributed by atoms with van der Waals surface area (Å²) in [5, 5.41) is 14.2. The van der Waals surface area contributed by atoms with Crippen molar-refractivity contribution in [2.45, 2.75) is 50.6 Å². The van der Waals surface area contributed by atoms with Gasteiger partial charge < -0.3 is 10.1 Å². The summed E-state index contributed by atoms with van der Waals surface area (Å²) in [5.74, 6) is -0.915. The van der Waals surface area contributed by atoms with Gasteiger partial charge in [-0.2, -0.15) is 4.39 Å². The van der Waals surface area contributed by atoms with E-state index in [0.717, 1.165) is 38.5 Å². The Labute approximate surface area is 139 Å². The molecule has 1 N–H and O–H groups in total. The third kappa shape index (κ3) is 2.88. The Balaban J connectivity index is 1.63. The molecule has 0 heterocycles. The molecule has 0 aliphatic heterocycles. The average Bonchev–Trinajstić information content (AvgIpc) is 2.60. The number of methoxy groups -OCH3 is 1. The van der Waals surface area contributed by atoms with E-state index in [4.69, 9.17) is 4.74 Å². The molecule has 0 aromatic heterocycles. The van der Waals surface area contributed by atoms with Crippen molar-refractivity contribution < 1.29 is 18.8 Å². The molecule has 0 spiro atoms. The van der Waals surface area contributed by atoms with Gasteiger partial charge >= 0.3 is 11.7 Å². The number of nitrogens with one attached hydrogen (secondary N) is 1. The van der Waals surface area contributed by atoms with Gasteiger partial charge in [0.05, 0.1) is 17.4 Å². The molecule has 7 heteroatoms. The van der Waals surface area contributed by atoms with Crippen molar-refractivity contribution in [3.63, 3.8) is 0 Å². The molecule has 0 saturated heterocycles. The van der Waals surface area contributed by atoms with Gasteiger partial charge in [-0.05, 0) is 50.2 Å². The highest BCUT2D eigenvalue weighted by molar-refractivity contribution is 5.77. The van der Waals surface area contributed by atoms with Crippen LogP contribution in [0.1, 0.15) is 44.1 Å². The van der Waals surface area contributed by atoms with Gasteiger partial charge in [0.2, 0.25) is 5.82 Å². The normalized spacial score (nSPS) is 28.6. The molecule has 130 valence electrons. The van der Waals surface area contributed by atoms with Crippen LogP contribution in [0.4, 0.5) is 10.1 Å². The molecule has 1 aromatic carbocycles. The lowest BCUT2D eigenvalue weighted by molar-refractivity contribution is -0.387. The van der Waals surface area contributed by atoms with E-state index in [0.29, 0.717) is 12.1 Å². The summed E-state index contributed by atoms with van der Waals surface area (Å²) in [6, 6.07) is 4.00. The molecule has 1 aromatic rings. The summed E-state index contributed by atoms with van der Waals surface area (Å²) in [5.41, 5.74) is -0.177. The second-order valence-electron chi connectivity index (χ2n) is 6.95. The SMILES string of the molecule is COC(=O)C12CCC(NCc3ccc([N+](=O)[O-])c(F)c3)(CC1)CC2. The minimum Gasteiger partial charge on any atom is -0.469 e. The van der Waals surface area contributed by atoms with Gasteiger partial charge in [0.25, 0.3) is 0 Å². The van der Waals surface area contributed by atoms with E-state index in [1.54, 1.807) is 6.07 Å². The topological polar surface area (TPSA) is 81.5 Å².